The molecule has 6 nitrogen and oxygen atoms in total. The Labute approximate surface area is 141 Å². The lowest BCUT2D eigenvalue weighted by molar-refractivity contribution is 0.102. The second-order valence-electron chi connectivity index (χ2n) is 6.00. The van der Waals surface area contributed by atoms with Crippen LogP contribution in [0.5, 0.6) is 0 Å². The molecule has 1 unspecified atom stereocenters. The van der Waals surface area contributed by atoms with Gasteiger partial charge in [0.05, 0.1) is 23.4 Å². The number of anilines is 2. The zero-order chi connectivity index (χ0) is 17.2. The Bertz CT molecular complexity index is 830. The van der Waals surface area contributed by atoms with Crippen molar-refractivity contribution in [2.75, 3.05) is 22.1 Å². The molecule has 0 spiro atoms. The monoisotopic (exact) mass is 345 g/mol. The molecule has 1 aliphatic rings. The van der Waals surface area contributed by atoms with Crippen LogP contribution in [0.1, 0.15) is 22.3 Å². The van der Waals surface area contributed by atoms with Crippen molar-refractivity contribution in [3.63, 3.8) is 0 Å². The van der Waals surface area contributed by atoms with Crippen LogP contribution < -0.4 is 10.6 Å². The highest BCUT2D eigenvalue weighted by atomic mass is 32.2. The fraction of sp³-hybridized carbons (Fsp3) is 0.294. The standard InChI is InChI=1S/C17H19N3O3S/c1-12-2-4-13(5-3-12)17(21)20-16-7-6-14(10-18-16)19-15-8-9-24(22,23)11-15/h2-7,10,15,19H,8-9,11H2,1H3,(H,18,20,21). The van der Waals surface area contributed by atoms with Crippen molar-refractivity contribution >= 4 is 27.2 Å². The third kappa shape index (κ3) is 4.11. The summed E-state index contributed by atoms with van der Waals surface area (Å²) in [6.45, 7) is 1.96. The van der Waals surface area contributed by atoms with Crippen LogP contribution in [0.4, 0.5) is 11.5 Å². The summed E-state index contributed by atoms with van der Waals surface area (Å²) in [4.78, 5) is 16.3. The molecule has 1 aromatic heterocycles. The molecule has 3 rings (SSSR count). The number of aromatic nitrogens is 1. The van der Waals surface area contributed by atoms with Crippen molar-refractivity contribution in [3.8, 4) is 0 Å². The number of hydrogen-bond donors (Lipinski definition) is 2. The summed E-state index contributed by atoms with van der Waals surface area (Å²) >= 11 is 0. The van der Waals surface area contributed by atoms with Gasteiger partial charge in [0, 0.05) is 11.6 Å². The molecule has 0 bridgehead atoms. The number of aryl methyl sites for hydroxylation is 1. The summed E-state index contributed by atoms with van der Waals surface area (Å²) < 4.78 is 22.9. The minimum Gasteiger partial charge on any atom is -0.380 e. The zero-order valence-corrected chi connectivity index (χ0v) is 14.1. The Kier molecular flexibility index (Phi) is 4.53. The molecule has 0 aliphatic carbocycles. The van der Waals surface area contributed by atoms with E-state index in [1.54, 1.807) is 30.5 Å². The average molecular weight is 345 g/mol. The molecule has 2 N–H and O–H groups in total. The minimum absolute atomic E-state index is 0.0789. The Morgan fingerprint density at radius 3 is 2.50 bits per heavy atom. The summed E-state index contributed by atoms with van der Waals surface area (Å²) in [6, 6.07) is 10.7. The number of sulfone groups is 1. The van der Waals surface area contributed by atoms with E-state index in [1.807, 2.05) is 19.1 Å². The lowest BCUT2D eigenvalue weighted by Crippen LogP contribution is -2.20. The Morgan fingerprint density at radius 2 is 1.92 bits per heavy atom. The molecule has 1 aliphatic heterocycles. The Morgan fingerprint density at radius 1 is 1.17 bits per heavy atom. The van der Waals surface area contributed by atoms with Gasteiger partial charge in [-0.15, -0.1) is 0 Å². The van der Waals surface area contributed by atoms with Gasteiger partial charge in [-0.05, 0) is 37.6 Å². The van der Waals surface area contributed by atoms with Crippen LogP contribution in [0.15, 0.2) is 42.6 Å². The van der Waals surface area contributed by atoms with Crippen molar-refractivity contribution < 1.29 is 13.2 Å². The summed E-state index contributed by atoms with van der Waals surface area (Å²) in [6.07, 6.45) is 2.20. The van der Waals surface area contributed by atoms with Crippen LogP contribution >= 0.6 is 0 Å². The molecule has 1 saturated heterocycles. The maximum absolute atomic E-state index is 12.1. The molecule has 1 amide bonds. The van der Waals surface area contributed by atoms with Crippen molar-refractivity contribution in [1.29, 1.82) is 0 Å². The molecule has 0 radical (unpaired) electrons. The first kappa shape index (κ1) is 16.4. The van der Waals surface area contributed by atoms with E-state index < -0.39 is 9.84 Å². The lowest BCUT2D eigenvalue weighted by Gasteiger charge is -2.12. The number of amides is 1. The molecule has 1 aromatic carbocycles. The fourth-order valence-electron chi connectivity index (χ4n) is 2.59. The molecule has 24 heavy (non-hydrogen) atoms. The molecular formula is C17H19N3O3S. The number of carbonyl (C=O) groups is 1. The fourth-order valence-corrected chi connectivity index (χ4v) is 4.26. The molecule has 1 fully saturated rings. The highest BCUT2D eigenvalue weighted by molar-refractivity contribution is 7.91. The number of rotatable bonds is 4. The van der Waals surface area contributed by atoms with Crippen LogP contribution in [0.25, 0.3) is 0 Å². The first-order valence-corrected chi connectivity index (χ1v) is 9.54. The predicted octanol–water partition coefficient (Wildman–Crippen LogP) is 2.24. The Hall–Kier alpha value is -2.41. The largest absolute Gasteiger partial charge is 0.380 e. The normalized spacial score (nSPS) is 19.0. The quantitative estimate of drug-likeness (QED) is 0.887. The van der Waals surface area contributed by atoms with Gasteiger partial charge in [0.2, 0.25) is 0 Å². The van der Waals surface area contributed by atoms with Gasteiger partial charge < -0.3 is 10.6 Å². The number of benzene rings is 1. The molecular weight excluding hydrogens is 326 g/mol. The van der Waals surface area contributed by atoms with Crippen molar-refractivity contribution in [1.82, 2.24) is 4.98 Å². The van der Waals surface area contributed by atoms with Gasteiger partial charge in [-0.25, -0.2) is 13.4 Å². The van der Waals surface area contributed by atoms with E-state index in [0.717, 1.165) is 11.3 Å². The van der Waals surface area contributed by atoms with Gasteiger partial charge >= 0.3 is 0 Å². The van der Waals surface area contributed by atoms with Gasteiger partial charge in [0.25, 0.3) is 5.91 Å². The topological polar surface area (TPSA) is 88.2 Å². The van der Waals surface area contributed by atoms with Gasteiger partial charge in [0.15, 0.2) is 9.84 Å². The van der Waals surface area contributed by atoms with Crippen molar-refractivity contribution in [2.45, 2.75) is 19.4 Å². The molecule has 2 aromatic rings. The number of nitrogens with zero attached hydrogens (tertiary/aromatic N) is 1. The number of pyridine rings is 1. The Balaban J connectivity index is 1.60. The summed E-state index contributed by atoms with van der Waals surface area (Å²) in [5.41, 5.74) is 2.40. The second kappa shape index (κ2) is 6.60. The minimum atomic E-state index is -2.91. The molecule has 0 saturated carbocycles. The number of nitrogens with one attached hydrogen (secondary N) is 2. The number of hydrogen-bond acceptors (Lipinski definition) is 5. The third-order valence-electron chi connectivity index (χ3n) is 3.92. The van der Waals surface area contributed by atoms with E-state index in [-0.39, 0.29) is 23.5 Å². The summed E-state index contributed by atoms with van der Waals surface area (Å²) in [5.74, 6) is 0.608. The summed E-state index contributed by atoms with van der Waals surface area (Å²) in [5, 5.41) is 5.90. The predicted molar refractivity (Wildman–Crippen MR) is 94.1 cm³/mol. The van der Waals surface area contributed by atoms with Crippen molar-refractivity contribution in [3.05, 3.63) is 53.7 Å². The van der Waals surface area contributed by atoms with E-state index >= 15 is 0 Å². The first-order valence-electron chi connectivity index (χ1n) is 7.72. The van der Waals surface area contributed by atoms with E-state index in [2.05, 4.69) is 15.6 Å². The van der Waals surface area contributed by atoms with Gasteiger partial charge in [-0.3, -0.25) is 4.79 Å². The van der Waals surface area contributed by atoms with E-state index in [0.29, 0.717) is 17.8 Å². The molecule has 1 atom stereocenters. The van der Waals surface area contributed by atoms with E-state index in [1.165, 1.54) is 0 Å². The average Bonchev–Trinajstić information content (AvgIpc) is 2.88. The first-order chi connectivity index (χ1) is 11.4. The van der Waals surface area contributed by atoms with Crippen LogP contribution in [-0.2, 0) is 9.84 Å². The molecule has 126 valence electrons. The van der Waals surface area contributed by atoms with Crippen LogP contribution in [0.2, 0.25) is 0 Å². The number of carbonyl (C=O) groups excluding carboxylic acids is 1. The zero-order valence-electron chi connectivity index (χ0n) is 13.3. The smallest absolute Gasteiger partial charge is 0.256 e. The summed E-state index contributed by atoms with van der Waals surface area (Å²) in [7, 11) is -2.91. The molecule has 7 heteroatoms. The maximum atomic E-state index is 12.1. The highest BCUT2D eigenvalue weighted by Crippen LogP contribution is 2.18. The van der Waals surface area contributed by atoms with Crippen molar-refractivity contribution in [2.24, 2.45) is 0 Å². The van der Waals surface area contributed by atoms with E-state index in [9.17, 15) is 13.2 Å². The van der Waals surface area contributed by atoms with Crippen LogP contribution in [0.3, 0.4) is 0 Å². The van der Waals surface area contributed by atoms with Crippen LogP contribution in [0, 0.1) is 6.92 Å². The van der Waals surface area contributed by atoms with Gasteiger partial charge in [0.1, 0.15) is 5.82 Å². The highest BCUT2D eigenvalue weighted by Gasteiger charge is 2.27. The van der Waals surface area contributed by atoms with Crippen LogP contribution in [-0.4, -0.2) is 36.9 Å². The molecule has 2 heterocycles. The third-order valence-corrected chi connectivity index (χ3v) is 5.69. The second-order valence-corrected chi connectivity index (χ2v) is 8.23. The lowest BCUT2D eigenvalue weighted by atomic mass is 10.1. The van der Waals surface area contributed by atoms with Gasteiger partial charge in [-0.2, -0.15) is 0 Å². The van der Waals surface area contributed by atoms with Gasteiger partial charge in [-0.1, -0.05) is 17.7 Å². The van der Waals surface area contributed by atoms with E-state index in [4.69, 9.17) is 0 Å². The maximum Gasteiger partial charge on any atom is 0.256 e. The SMILES string of the molecule is Cc1ccc(C(=O)Nc2ccc(NC3CCS(=O)(=O)C3)cn2)cc1.